The fourth-order valence-corrected chi connectivity index (χ4v) is 1.40. The largest absolute Gasteiger partial charge is 0.316 e. The number of rotatable bonds is 3. The SMILES string of the molecule is C=C(/C=C\C=C/C)C1CCNC1. The molecule has 12 heavy (non-hydrogen) atoms. The van der Waals surface area contributed by atoms with E-state index in [0.717, 1.165) is 13.1 Å². The quantitative estimate of drug-likeness (QED) is 0.629. The monoisotopic (exact) mass is 163 g/mol. The zero-order valence-corrected chi connectivity index (χ0v) is 7.72. The predicted molar refractivity (Wildman–Crippen MR) is 54.1 cm³/mol. The molecule has 1 saturated heterocycles. The van der Waals surface area contributed by atoms with Gasteiger partial charge < -0.3 is 5.32 Å². The maximum Gasteiger partial charge on any atom is 0.00204 e. The number of allylic oxidation sites excluding steroid dienone is 4. The lowest BCUT2D eigenvalue weighted by Crippen LogP contribution is -2.09. The third-order valence-corrected chi connectivity index (χ3v) is 2.20. The van der Waals surface area contributed by atoms with Crippen LogP contribution in [0.5, 0.6) is 0 Å². The van der Waals surface area contributed by atoms with Gasteiger partial charge in [0.25, 0.3) is 0 Å². The average Bonchev–Trinajstić information content (AvgIpc) is 2.56. The van der Waals surface area contributed by atoms with Crippen molar-refractivity contribution < 1.29 is 0 Å². The van der Waals surface area contributed by atoms with Crippen molar-refractivity contribution in [2.24, 2.45) is 5.92 Å². The molecule has 1 fully saturated rings. The van der Waals surface area contributed by atoms with Crippen LogP contribution in [0.3, 0.4) is 0 Å². The smallest absolute Gasteiger partial charge is 0.00204 e. The molecule has 1 nitrogen and oxygen atoms in total. The number of hydrogen-bond donors (Lipinski definition) is 1. The van der Waals surface area contributed by atoms with E-state index in [-0.39, 0.29) is 0 Å². The molecule has 0 bridgehead atoms. The molecular formula is C11H17N. The lowest BCUT2D eigenvalue weighted by atomic mass is 9.99. The summed E-state index contributed by atoms with van der Waals surface area (Å²) in [5, 5.41) is 3.33. The Morgan fingerprint density at radius 2 is 2.33 bits per heavy atom. The Labute approximate surface area is 74.9 Å². The van der Waals surface area contributed by atoms with Gasteiger partial charge in [0.1, 0.15) is 0 Å². The molecule has 0 radical (unpaired) electrons. The Bertz CT molecular complexity index is 195. The molecule has 0 aliphatic carbocycles. The van der Waals surface area contributed by atoms with Gasteiger partial charge in [-0.1, -0.05) is 36.5 Å². The van der Waals surface area contributed by atoms with Crippen molar-refractivity contribution in [3.8, 4) is 0 Å². The number of nitrogens with one attached hydrogen (secondary N) is 1. The molecule has 66 valence electrons. The Hall–Kier alpha value is -0.820. The summed E-state index contributed by atoms with van der Waals surface area (Å²) in [7, 11) is 0. The van der Waals surface area contributed by atoms with Crippen molar-refractivity contribution in [3.05, 3.63) is 36.5 Å². The zero-order chi connectivity index (χ0) is 8.81. The summed E-state index contributed by atoms with van der Waals surface area (Å²) >= 11 is 0. The molecule has 1 rings (SSSR count). The van der Waals surface area contributed by atoms with E-state index < -0.39 is 0 Å². The van der Waals surface area contributed by atoms with Crippen molar-refractivity contribution in [3.63, 3.8) is 0 Å². The van der Waals surface area contributed by atoms with E-state index in [4.69, 9.17) is 0 Å². The lowest BCUT2D eigenvalue weighted by molar-refractivity contribution is 0.700. The van der Waals surface area contributed by atoms with E-state index >= 15 is 0 Å². The summed E-state index contributed by atoms with van der Waals surface area (Å²) in [5.74, 6) is 0.659. The third kappa shape index (κ3) is 2.67. The Kier molecular flexibility index (Phi) is 3.81. The van der Waals surface area contributed by atoms with Crippen molar-refractivity contribution in [1.82, 2.24) is 5.32 Å². The van der Waals surface area contributed by atoms with Gasteiger partial charge in [0, 0.05) is 6.54 Å². The molecule has 1 aliphatic heterocycles. The van der Waals surface area contributed by atoms with Gasteiger partial charge in [0.2, 0.25) is 0 Å². The highest BCUT2D eigenvalue weighted by atomic mass is 14.9. The van der Waals surface area contributed by atoms with Crippen LogP contribution in [0, 0.1) is 5.92 Å². The van der Waals surface area contributed by atoms with Crippen molar-refractivity contribution in [2.45, 2.75) is 13.3 Å². The topological polar surface area (TPSA) is 12.0 Å². The van der Waals surface area contributed by atoms with Gasteiger partial charge >= 0.3 is 0 Å². The van der Waals surface area contributed by atoms with E-state index in [0.29, 0.717) is 5.92 Å². The van der Waals surface area contributed by atoms with E-state index in [1.165, 1.54) is 12.0 Å². The predicted octanol–water partition coefficient (Wildman–Crippen LogP) is 2.28. The second-order valence-electron chi connectivity index (χ2n) is 3.15. The third-order valence-electron chi connectivity index (χ3n) is 2.20. The van der Waals surface area contributed by atoms with Crippen molar-refractivity contribution in [1.29, 1.82) is 0 Å². The van der Waals surface area contributed by atoms with Crippen molar-refractivity contribution >= 4 is 0 Å². The highest BCUT2D eigenvalue weighted by Crippen LogP contribution is 2.17. The average molecular weight is 163 g/mol. The normalized spacial score (nSPS) is 24.2. The molecule has 1 heteroatoms. The van der Waals surface area contributed by atoms with Crippen LogP contribution in [0.4, 0.5) is 0 Å². The van der Waals surface area contributed by atoms with Crippen LogP contribution in [0.1, 0.15) is 13.3 Å². The van der Waals surface area contributed by atoms with E-state index in [9.17, 15) is 0 Å². The highest BCUT2D eigenvalue weighted by molar-refractivity contribution is 5.22. The zero-order valence-electron chi connectivity index (χ0n) is 7.72. The minimum absolute atomic E-state index is 0.659. The summed E-state index contributed by atoms with van der Waals surface area (Å²) in [4.78, 5) is 0. The molecular weight excluding hydrogens is 146 g/mol. The molecule has 0 spiro atoms. The van der Waals surface area contributed by atoms with E-state index in [1.54, 1.807) is 0 Å². The Morgan fingerprint density at radius 3 is 2.92 bits per heavy atom. The molecule has 0 aromatic carbocycles. The van der Waals surface area contributed by atoms with Crippen LogP contribution in [0.15, 0.2) is 36.5 Å². The molecule has 1 atom stereocenters. The maximum absolute atomic E-state index is 4.05. The van der Waals surface area contributed by atoms with E-state index in [1.807, 2.05) is 19.1 Å². The lowest BCUT2D eigenvalue weighted by Gasteiger charge is -2.06. The summed E-state index contributed by atoms with van der Waals surface area (Å²) in [6.07, 6.45) is 9.46. The summed E-state index contributed by atoms with van der Waals surface area (Å²) in [6.45, 7) is 8.30. The maximum atomic E-state index is 4.05. The first-order valence-corrected chi connectivity index (χ1v) is 4.53. The summed E-state index contributed by atoms with van der Waals surface area (Å²) < 4.78 is 0. The van der Waals surface area contributed by atoms with Gasteiger partial charge in [0.05, 0.1) is 0 Å². The van der Waals surface area contributed by atoms with Gasteiger partial charge in [-0.15, -0.1) is 0 Å². The standard InChI is InChI=1S/C11H17N/c1-3-4-5-6-10(2)11-7-8-12-9-11/h3-6,11-12H,2,7-9H2,1H3/b4-3-,6-5-. The van der Waals surface area contributed by atoms with Gasteiger partial charge in [-0.25, -0.2) is 0 Å². The van der Waals surface area contributed by atoms with Gasteiger partial charge in [-0.2, -0.15) is 0 Å². The Morgan fingerprint density at radius 1 is 1.50 bits per heavy atom. The Balaban J connectivity index is 2.36. The van der Waals surface area contributed by atoms with Crippen LogP contribution < -0.4 is 5.32 Å². The van der Waals surface area contributed by atoms with Crippen LogP contribution >= 0.6 is 0 Å². The molecule has 1 unspecified atom stereocenters. The fourth-order valence-electron chi connectivity index (χ4n) is 1.40. The first-order chi connectivity index (χ1) is 5.84. The molecule has 0 aromatic heterocycles. The first-order valence-electron chi connectivity index (χ1n) is 4.53. The van der Waals surface area contributed by atoms with Crippen LogP contribution in [0.2, 0.25) is 0 Å². The minimum Gasteiger partial charge on any atom is -0.316 e. The van der Waals surface area contributed by atoms with Gasteiger partial charge in [-0.3, -0.25) is 0 Å². The van der Waals surface area contributed by atoms with Crippen molar-refractivity contribution in [2.75, 3.05) is 13.1 Å². The molecule has 0 aromatic rings. The molecule has 1 N–H and O–H groups in total. The van der Waals surface area contributed by atoms with Gasteiger partial charge in [-0.05, 0) is 25.8 Å². The second-order valence-corrected chi connectivity index (χ2v) is 3.15. The second kappa shape index (κ2) is 4.94. The summed E-state index contributed by atoms with van der Waals surface area (Å²) in [6, 6.07) is 0. The van der Waals surface area contributed by atoms with Crippen LogP contribution in [-0.4, -0.2) is 13.1 Å². The number of hydrogen-bond acceptors (Lipinski definition) is 1. The molecule has 0 saturated carbocycles. The molecule has 0 amide bonds. The fraction of sp³-hybridized carbons (Fsp3) is 0.455. The van der Waals surface area contributed by atoms with Crippen LogP contribution in [-0.2, 0) is 0 Å². The van der Waals surface area contributed by atoms with Crippen LogP contribution in [0.25, 0.3) is 0 Å². The van der Waals surface area contributed by atoms with E-state index in [2.05, 4.69) is 24.0 Å². The minimum atomic E-state index is 0.659. The molecule has 1 aliphatic rings. The van der Waals surface area contributed by atoms with Gasteiger partial charge in [0.15, 0.2) is 0 Å². The highest BCUT2D eigenvalue weighted by Gasteiger charge is 2.14. The first kappa shape index (κ1) is 9.27. The summed E-state index contributed by atoms with van der Waals surface area (Å²) in [5.41, 5.74) is 1.25. The molecule has 1 heterocycles.